The number of thiophene rings is 1. The third-order valence-corrected chi connectivity index (χ3v) is 4.98. The predicted octanol–water partition coefficient (Wildman–Crippen LogP) is 3.58. The zero-order valence-electron chi connectivity index (χ0n) is 14.5. The van der Waals surface area contributed by atoms with Gasteiger partial charge in [-0.2, -0.15) is 0 Å². The molecule has 132 valence electrons. The molecule has 0 saturated heterocycles. The van der Waals surface area contributed by atoms with Crippen LogP contribution in [-0.4, -0.2) is 26.9 Å². The quantitative estimate of drug-likeness (QED) is 0.584. The second kappa shape index (κ2) is 6.86. The number of aromatic nitrogens is 3. The summed E-state index contributed by atoms with van der Waals surface area (Å²) in [5, 5.41) is 2.61. The van der Waals surface area contributed by atoms with Gasteiger partial charge in [0.2, 0.25) is 5.89 Å². The number of aryl methyl sites for hydroxylation is 1. The van der Waals surface area contributed by atoms with Gasteiger partial charge < -0.3 is 9.40 Å². The maximum atomic E-state index is 12.2. The number of H-pyrrole nitrogens is 1. The summed E-state index contributed by atoms with van der Waals surface area (Å²) in [5.74, 6) is 2.09. The first-order chi connectivity index (χ1) is 12.6. The van der Waals surface area contributed by atoms with E-state index >= 15 is 0 Å². The lowest BCUT2D eigenvalue weighted by molar-refractivity contribution is 0.305. The van der Waals surface area contributed by atoms with Crippen molar-refractivity contribution in [3.05, 3.63) is 69.4 Å². The van der Waals surface area contributed by atoms with Crippen molar-refractivity contribution in [2.45, 2.75) is 20.0 Å². The van der Waals surface area contributed by atoms with Crippen molar-refractivity contribution in [1.82, 2.24) is 19.9 Å². The average molecular weight is 366 g/mol. The Morgan fingerprint density at radius 3 is 2.81 bits per heavy atom. The Kier molecular flexibility index (Phi) is 4.40. The molecular weight excluding hydrogens is 348 g/mol. The number of hydrogen-bond donors (Lipinski definition) is 1. The van der Waals surface area contributed by atoms with Crippen molar-refractivity contribution in [3.63, 3.8) is 0 Å². The van der Waals surface area contributed by atoms with Crippen LogP contribution in [0.1, 0.15) is 17.3 Å². The molecule has 1 N–H and O–H groups in total. The van der Waals surface area contributed by atoms with E-state index in [4.69, 9.17) is 4.42 Å². The summed E-state index contributed by atoms with van der Waals surface area (Å²) >= 11 is 1.60. The van der Waals surface area contributed by atoms with Crippen LogP contribution >= 0.6 is 11.3 Å². The van der Waals surface area contributed by atoms with E-state index in [1.165, 1.54) is 0 Å². The largest absolute Gasteiger partial charge is 0.440 e. The van der Waals surface area contributed by atoms with Gasteiger partial charge in [0, 0.05) is 6.54 Å². The van der Waals surface area contributed by atoms with E-state index < -0.39 is 0 Å². The van der Waals surface area contributed by atoms with Crippen molar-refractivity contribution >= 4 is 22.2 Å². The monoisotopic (exact) mass is 366 g/mol. The summed E-state index contributed by atoms with van der Waals surface area (Å²) in [6, 6.07) is 11.3. The fourth-order valence-electron chi connectivity index (χ4n) is 2.86. The maximum absolute atomic E-state index is 12.2. The van der Waals surface area contributed by atoms with Gasteiger partial charge >= 0.3 is 0 Å². The molecule has 0 aliphatic heterocycles. The molecule has 0 radical (unpaired) electrons. The van der Waals surface area contributed by atoms with Crippen molar-refractivity contribution < 1.29 is 4.42 Å². The molecule has 0 saturated carbocycles. The first-order valence-electron chi connectivity index (χ1n) is 8.27. The standard InChI is InChI=1S/C19H18N4O2S/c1-12-15(21-19(25-12)16-8-5-9-26-16)10-23(2)11-17-20-14-7-4-3-6-13(14)18(24)22-17/h3-9H,10-11H2,1-2H3,(H,20,22,24). The summed E-state index contributed by atoms with van der Waals surface area (Å²) in [7, 11) is 1.97. The summed E-state index contributed by atoms with van der Waals surface area (Å²) in [6.45, 7) is 3.04. The van der Waals surface area contributed by atoms with E-state index in [9.17, 15) is 4.79 Å². The van der Waals surface area contributed by atoms with E-state index in [2.05, 4.69) is 19.9 Å². The molecule has 0 aliphatic rings. The van der Waals surface area contributed by atoms with Crippen LogP contribution in [0.25, 0.3) is 21.7 Å². The average Bonchev–Trinajstić information content (AvgIpc) is 3.25. The molecule has 0 atom stereocenters. The van der Waals surface area contributed by atoms with Crippen LogP contribution in [-0.2, 0) is 13.1 Å². The normalized spacial score (nSPS) is 11.5. The van der Waals surface area contributed by atoms with E-state index in [1.807, 2.05) is 49.7 Å². The first-order valence-corrected chi connectivity index (χ1v) is 9.15. The van der Waals surface area contributed by atoms with Crippen LogP contribution in [0.4, 0.5) is 0 Å². The Balaban J connectivity index is 1.53. The van der Waals surface area contributed by atoms with Crippen molar-refractivity contribution in [3.8, 4) is 10.8 Å². The minimum Gasteiger partial charge on any atom is -0.440 e. The minimum atomic E-state index is -0.114. The van der Waals surface area contributed by atoms with Crippen LogP contribution in [0, 0.1) is 6.92 Å². The van der Waals surface area contributed by atoms with Gasteiger partial charge in [-0.1, -0.05) is 18.2 Å². The molecule has 7 heteroatoms. The van der Waals surface area contributed by atoms with Crippen LogP contribution in [0.15, 0.2) is 51.0 Å². The molecule has 0 spiro atoms. The van der Waals surface area contributed by atoms with Crippen molar-refractivity contribution in [1.29, 1.82) is 0 Å². The molecule has 0 bridgehead atoms. The minimum absolute atomic E-state index is 0.114. The highest BCUT2D eigenvalue weighted by molar-refractivity contribution is 7.13. The lowest BCUT2D eigenvalue weighted by atomic mass is 10.2. The van der Waals surface area contributed by atoms with Gasteiger partial charge in [0.25, 0.3) is 5.56 Å². The van der Waals surface area contributed by atoms with Gasteiger partial charge in [0.1, 0.15) is 11.6 Å². The highest BCUT2D eigenvalue weighted by atomic mass is 32.1. The van der Waals surface area contributed by atoms with Gasteiger partial charge in [-0.15, -0.1) is 11.3 Å². The number of rotatable bonds is 5. The summed E-state index contributed by atoms with van der Waals surface area (Å²) in [6.07, 6.45) is 0. The molecular formula is C19H18N4O2S. The third-order valence-electron chi connectivity index (χ3n) is 4.13. The van der Waals surface area contributed by atoms with Crippen LogP contribution < -0.4 is 5.56 Å². The van der Waals surface area contributed by atoms with Crippen molar-refractivity contribution in [2.75, 3.05) is 7.05 Å². The smallest absolute Gasteiger partial charge is 0.258 e. The zero-order valence-corrected chi connectivity index (χ0v) is 15.3. The third kappa shape index (κ3) is 3.31. The maximum Gasteiger partial charge on any atom is 0.258 e. The molecule has 26 heavy (non-hydrogen) atoms. The molecule has 0 unspecified atom stereocenters. The van der Waals surface area contributed by atoms with Crippen molar-refractivity contribution in [2.24, 2.45) is 0 Å². The lowest BCUT2D eigenvalue weighted by Gasteiger charge is -2.14. The first kappa shape index (κ1) is 16.7. The van der Waals surface area contributed by atoms with Crippen LogP contribution in [0.5, 0.6) is 0 Å². The topological polar surface area (TPSA) is 75.0 Å². The number of nitrogens with zero attached hydrogens (tertiary/aromatic N) is 3. The fraction of sp³-hybridized carbons (Fsp3) is 0.211. The summed E-state index contributed by atoms with van der Waals surface area (Å²) in [5.41, 5.74) is 1.48. The highest BCUT2D eigenvalue weighted by Crippen LogP contribution is 2.26. The van der Waals surface area contributed by atoms with Gasteiger partial charge in [0.05, 0.1) is 28.0 Å². The molecule has 3 heterocycles. The zero-order chi connectivity index (χ0) is 18.1. The molecule has 0 amide bonds. The Bertz CT molecular complexity index is 1100. The molecule has 0 aliphatic carbocycles. The Labute approximate surface area is 154 Å². The van der Waals surface area contributed by atoms with Crippen LogP contribution in [0.2, 0.25) is 0 Å². The second-order valence-corrected chi connectivity index (χ2v) is 7.15. The van der Waals surface area contributed by atoms with Gasteiger partial charge in [-0.05, 0) is 37.6 Å². The number of oxazole rings is 1. The number of hydrogen-bond acceptors (Lipinski definition) is 6. The van der Waals surface area contributed by atoms with E-state index in [1.54, 1.807) is 17.4 Å². The fourth-order valence-corrected chi connectivity index (χ4v) is 3.51. The number of para-hydroxylation sites is 1. The summed E-state index contributed by atoms with van der Waals surface area (Å²) in [4.78, 5) is 27.3. The number of benzene rings is 1. The van der Waals surface area contributed by atoms with Gasteiger partial charge in [-0.3, -0.25) is 9.69 Å². The van der Waals surface area contributed by atoms with E-state index in [-0.39, 0.29) is 5.56 Å². The SMILES string of the molecule is Cc1oc(-c2cccs2)nc1CN(C)Cc1nc2ccccc2c(=O)[nH]1. The van der Waals surface area contributed by atoms with E-state index in [0.29, 0.717) is 35.7 Å². The Hall–Kier alpha value is -2.77. The molecule has 0 fully saturated rings. The molecule has 3 aromatic heterocycles. The Morgan fingerprint density at radius 1 is 1.15 bits per heavy atom. The molecule has 4 aromatic rings. The number of fused-ring (bicyclic) bond motifs is 1. The predicted molar refractivity (Wildman–Crippen MR) is 102 cm³/mol. The summed E-state index contributed by atoms with van der Waals surface area (Å²) < 4.78 is 5.79. The second-order valence-electron chi connectivity index (χ2n) is 6.20. The molecule has 1 aromatic carbocycles. The van der Waals surface area contributed by atoms with Crippen LogP contribution in [0.3, 0.4) is 0 Å². The lowest BCUT2D eigenvalue weighted by Crippen LogP contribution is -2.22. The molecule has 4 rings (SSSR count). The molecule has 6 nitrogen and oxygen atoms in total. The number of nitrogens with one attached hydrogen (secondary N) is 1. The van der Waals surface area contributed by atoms with Gasteiger partial charge in [-0.25, -0.2) is 9.97 Å². The number of aromatic amines is 1. The van der Waals surface area contributed by atoms with E-state index in [0.717, 1.165) is 16.3 Å². The highest BCUT2D eigenvalue weighted by Gasteiger charge is 2.14. The Morgan fingerprint density at radius 2 is 2.00 bits per heavy atom. The van der Waals surface area contributed by atoms with Gasteiger partial charge in [0.15, 0.2) is 0 Å².